The Kier molecular flexibility index (Phi) is 6.64. The van der Waals surface area contributed by atoms with Crippen LogP contribution < -0.4 is 10.5 Å². The van der Waals surface area contributed by atoms with E-state index in [0.717, 1.165) is 21.8 Å². The number of aryl methyl sites for hydroxylation is 1. The van der Waals surface area contributed by atoms with Gasteiger partial charge in [-0.2, -0.15) is 0 Å². The highest BCUT2D eigenvalue weighted by Crippen LogP contribution is 2.30. The van der Waals surface area contributed by atoms with Crippen LogP contribution in [0.1, 0.15) is 35.2 Å². The van der Waals surface area contributed by atoms with Crippen LogP contribution in [0.3, 0.4) is 0 Å². The topological polar surface area (TPSA) is 87.6 Å². The molecular formula is C27H30N4O4. The number of pyridine rings is 1. The standard InChI is InChI=1S/C26H26N4O4.CH4/c1-3-34-26(33)22-23(18-9-5-7-11-21(18)28(2)25(22)32)29-12-14-30(15-13-29)24(31)20-16-17-8-4-6-10-19(17)27-20;/h4-11,16,27H,3,12-15H2,1-2H3;1H4. The van der Waals surface area contributed by atoms with Gasteiger partial charge in [0.05, 0.1) is 17.8 Å². The summed E-state index contributed by atoms with van der Waals surface area (Å²) in [5.74, 6) is -0.685. The van der Waals surface area contributed by atoms with Crippen LogP contribution in [0.4, 0.5) is 5.69 Å². The first-order chi connectivity index (χ1) is 16.5. The van der Waals surface area contributed by atoms with Crippen molar-refractivity contribution in [1.29, 1.82) is 0 Å². The van der Waals surface area contributed by atoms with Gasteiger partial charge >= 0.3 is 5.97 Å². The number of H-pyrrole nitrogens is 1. The Hall–Kier alpha value is -4.07. The van der Waals surface area contributed by atoms with E-state index in [0.29, 0.717) is 37.6 Å². The third kappa shape index (κ3) is 4.16. The van der Waals surface area contributed by atoms with Crippen molar-refractivity contribution >= 4 is 39.4 Å². The second-order valence-corrected chi connectivity index (χ2v) is 8.37. The number of aromatic nitrogens is 2. The van der Waals surface area contributed by atoms with E-state index < -0.39 is 5.97 Å². The Bertz CT molecular complexity index is 1430. The lowest BCUT2D eigenvalue weighted by Gasteiger charge is -2.37. The number of hydrogen-bond donors (Lipinski definition) is 1. The van der Waals surface area contributed by atoms with E-state index in [1.807, 2.05) is 59.5 Å². The second kappa shape index (κ2) is 9.66. The van der Waals surface area contributed by atoms with Crippen LogP contribution in [0, 0.1) is 0 Å². The molecule has 5 rings (SSSR count). The van der Waals surface area contributed by atoms with Gasteiger partial charge in [0.25, 0.3) is 11.5 Å². The molecule has 2 aromatic carbocycles. The number of nitrogens with zero attached hydrogens (tertiary/aromatic N) is 3. The number of amides is 1. The average molecular weight is 475 g/mol. The van der Waals surface area contributed by atoms with Gasteiger partial charge in [0.2, 0.25) is 0 Å². The molecule has 0 aliphatic carbocycles. The first-order valence-corrected chi connectivity index (χ1v) is 11.4. The molecule has 0 saturated carbocycles. The molecule has 1 aliphatic heterocycles. The van der Waals surface area contributed by atoms with E-state index in [-0.39, 0.29) is 31.1 Å². The second-order valence-electron chi connectivity index (χ2n) is 8.37. The summed E-state index contributed by atoms with van der Waals surface area (Å²) in [6.07, 6.45) is 0. The maximum absolute atomic E-state index is 13.2. The summed E-state index contributed by atoms with van der Waals surface area (Å²) in [6, 6.07) is 17.2. The molecule has 0 spiro atoms. The van der Waals surface area contributed by atoms with Crippen molar-refractivity contribution in [1.82, 2.24) is 14.5 Å². The number of fused-ring (bicyclic) bond motifs is 2. The summed E-state index contributed by atoms with van der Waals surface area (Å²) in [5.41, 5.74) is 2.46. The molecule has 182 valence electrons. The van der Waals surface area contributed by atoms with Crippen molar-refractivity contribution in [3.63, 3.8) is 0 Å². The molecular weight excluding hydrogens is 444 g/mol. The number of hydrogen-bond acceptors (Lipinski definition) is 5. The molecule has 8 nitrogen and oxygen atoms in total. The molecule has 3 heterocycles. The van der Waals surface area contributed by atoms with Crippen LogP contribution in [-0.4, -0.2) is 59.1 Å². The molecule has 0 unspecified atom stereocenters. The summed E-state index contributed by atoms with van der Waals surface area (Å²) < 4.78 is 6.73. The van der Waals surface area contributed by atoms with Crippen LogP contribution >= 0.6 is 0 Å². The highest BCUT2D eigenvalue weighted by molar-refractivity contribution is 6.05. The van der Waals surface area contributed by atoms with E-state index >= 15 is 0 Å². The minimum absolute atomic E-state index is 0. The number of para-hydroxylation sites is 2. The van der Waals surface area contributed by atoms with Gasteiger partial charge < -0.3 is 24.1 Å². The highest BCUT2D eigenvalue weighted by atomic mass is 16.5. The fraction of sp³-hybridized carbons (Fsp3) is 0.296. The van der Waals surface area contributed by atoms with Gasteiger partial charge in [-0.1, -0.05) is 43.8 Å². The van der Waals surface area contributed by atoms with Gasteiger partial charge in [0, 0.05) is 49.5 Å². The predicted molar refractivity (Wildman–Crippen MR) is 138 cm³/mol. The van der Waals surface area contributed by atoms with Crippen molar-refractivity contribution in [2.45, 2.75) is 14.4 Å². The summed E-state index contributed by atoms with van der Waals surface area (Å²) >= 11 is 0. The molecule has 8 heteroatoms. The Labute approximate surface area is 203 Å². The monoisotopic (exact) mass is 474 g/mol. The smallest absolute Gasteiger partial charge is 0.345 e. The zero-order chi connectivity index (χ0) is 23.8. The van der Waals surface area contributed by atoms with Crippen molar-refractivity contribution in [3.8, 4) is 0 Å². The van der Waals surface area contributed by atoms with Crippen LogP contribution in [0.15, 0.2) is 59.4 Å². The number of piperazine rings is 1. The number of rotatable bonds is 4. The molecule has 4 aromatic rings. The number of anilines is 1. The molecule has 1 N–H and O–H groups in total. The lowest BCUT2D eigenvalue weighted by atomic mass is 10.1. The van der Waals surface area contributed by atoms with Crippen LogP contribution in [0.5, 0.6) is 0 Å². The molecule has 1 fully saturated rings. The Morgan fingerprint density at radius 1 is 1.00 bits per heavy atom. The van der Waals surface area contributed by atoms with Crippen LogP contribution in [0.25, 0.3) is 21.8 Å². The van der Waals surface area contributed by atoms with E-state index in [4.69, 9.17) is 4.74 Å². The number of ether oxygens (including phenoxy) is 1. The van der Waals surface area contributed by atoms with Crippen molar-refractivity contribution < 1.29 is 14.3 Å². The zero-order valence-electron chi connectivity index (χ0n) is 19.2. The van der Waals surface area contributed by atoms with Gasteiger partial charge in [0.1, 0.15) is 11.3 Å². The van der Waals surface area contributed by atoms with Crippen LogP contribution in [0.2, 0.25) is 0 Å². The van der Waals surface area contributed by atoms with Gasteiger partial charge in [-0.15, -0.1) is 0 Å². The fourth-order valence-electron chi connectivity index (χ4n) is 4.69. The molecule has 1 saturated heterocycles. The molecule has 0 radical (unpaired) electrons. The first kappa shape index (κ1) is 24.1. The van der Waals surface area contributed by atoms with E-state index in [2.05, 4.69) is 4.98 Å². The summed E-state index contributed by atoms with van der Waals surface area (Å²) in [4.78, 5) is 46.2. The van der Waals surface area contributed by atoms with Gasteiger partial charge in [-0.25, -0.2) is 4.79 Å². The SMILES string of the molecule is C.CCOC(=O)c1c(N2CCN(C(=O)c3cc4ccccc4[nH]3)CC2)c2ccccc2n(C)c1=O. The van der Waals surface area contributed by atoms with Gasteiger partial charge in [-0.05, 0) is 25.1 Å². The number of esters is 1. The summed E-state index contributed by atoms with van der Waals surface area (Å²) in [7, 11) is 1.66. The molecule has 0 atom stereocenters. The summed E-state index contributed by atoms with van der Waals surface area (Å²) in [5, 5.41) is 1.80. The van der Waals surface area contributed by atoms with E-state index in [1.54, 1.807) is 18.9 Å². The quantitative estimate of drug-likeness (QED) is 0.455. The van der Waals surface area contributed by atoms with Crippen molar-refractivity contribution in [2.24, 2.45) is 7.05 Å². The lowest BCUT2D eigenvalue weighted by molar-refractivity contribution is 0.0523. The van der Waals surface area contributed by atoms with E-state index in [1.165, 1.54) is 4.57 Å². The largest absolute Gasteiger partial charge is 0.462 e. The Morgan fingerprint density at radius 2 is 1.69 bits per heavy atom. The van der Waals surface area contributed by atoms with Crippen LogP contribution in [-0.2, 0) is 11.8 Å². The molecule has 35 heavy (non-hydrogen) atoms. The number of aromatic amines is 1. The van der Waals surface area contributed by atoms with Crippen molar-refractivity contribution in [3.05, 3.63) is 76.2 Å². The number of carbonyl (C=O) groups excluding carboxylic acids is 2. The van der Waals surface area contributed by atoms with Crippen molar-refractivity contribution in [2.75, 3.05) is 37.7 Å². The lowest BCUT2D eigenvalue weighted by Crippen LogP contribution is -2.49. The maximum Gasteiger partial charge on any atom is 0.345 e. The molecule has 0 bridgehead atoms. The predicted octanol–water partition coefficient (Wildman–Crippen LogP) is 3.80. The van der Waals surface area contributed by atoms with Gasteiger partial charge in [-0.3, -0.25) is 9.59 Å². The minimum Gasteiger partial charge on any atom is -0.462 e. The number of nitrogens with one attached hydrogen (secondary N) is 1. The zero-order valence-corrected chi connectivity index (χ0v) is 19.2. The number of carbonyl (C=O) groups is 2. The number of benzene rings is 2. The minimum atomic E-state index is -0.625. The first-order valence-electron chi connectivity index (χ1n) is 11.4. The van der Waals surface area contributed by atoms with E-state index in [9.17, 15) is 14.4 Å². The normalized spacial score (nSPS) is 13.7. The average Bonchev–Trinajstić information content (AvgIpc) is 3.30. The Morgan fingerprint density at radius 3 is 2.40 bits per heavy atom. The fourth-order valence-corrected chi connectivity index (χ4v) is 4.69. The Balaban J connectivity index is 0.00000289. The molecule has 1 aliphatic rings. The maximum atomic E-state index is 13.2. The third-order valence-corrected chi connectivity index (χ3v) is 6.40. The third-order valence-electron chi connectivity index (χ3n) is 6.40. The highest BCUT2D eigenvalue weighted by Gasteiger charge is 2.30. The molecule has 2 aromatic heterocycles. The summed E-state index contributed by atoms with van der Waals surface area (Å²) in [6.45, 7) is 3.84. The molecule has 1 amide bonds. The van der Waals surface area contributed by atoms with Gasteiger partial charge in [0.15, 0.2) is 0 Å².